The molecule has 19 heavy (non-hydrogen) atoms. The van der Waals surface area contributed by atoms with Crippen molar-refractivity contribution < 1.29 is 14.7 Å². The van der Waals surface area contributed by atoms with Gasteiger partial charge < -0.3 is 16.2 Å². The number of carboxylic acid groups (broad SMARTS) is 1. The van der Waals surface area contributed by atoms with E-state index in [-0.39, 0.29) is 17.2 Å². The van der Waals surface area contributed by atoms with Crippen LogP contribution in [-0.4, -0.2) is 23.0 Å². The fourth-order valence-corrected chi connectivity index (χ4v) is 2.70. The molecular weight excluding hydrogens is 380 g/mol. The molecule has 0 aromatic heterocycles. The number of nitrogens with one attached hydrogen (secondary N) is 1. The SMILES string of the molecule is CC(C)C(N)C(=O)Nc1c(Br)cc(Br)cc1C(=O)O. The molecule has 1 atom stereocenters. The van der Waals surface area contributed by atoms with Crippen molar-refractivity contribution in [3.63, 3.8) is 0 Å². The third-order valence-electron chi connectivity index (χ3n) is 2.55. The second-order valence-corrected chi connectivity index (χ2v) is 6.14. The third-order valence-corrected chi connectivity index (χ3v) is 3.64. The number of hydrogen-bond donors (Lipinski definition) is 3. The van der Waals surface area contributed by atoms with E-state index < -0.39 is 17.9 Å². The van der Waals surface area contributed by atoms with Crippen LogP contribution in [0.5, 0.6) is 0 Å². The van der Waals surface area contributed by atoms with E-state index in [1.165, 1.54) is 6.07 Å². The van der Waals surface area contributed by atoms with Gasteiger partial charge in [-0.05, 0) is 34.0 Å². The molecule has 7 heteroatoms. The normalized spacial score (nSPS) is 12.3. The molecule has 0 aliphatic heterocycles. The Bertz CT molecular complexity index is 518. The maximum Gasteiger partial charge on any atom is 0.337 e. The van der Waals surface area contributed by atoms with Crippen LogP contribution in [0.3, 0.4) is 0 Å². The lowest BCUT2D eigenvalue weighted by molar-refractivity contribution is -0.118. The van der Waals surface area contributed by atoms with Gasteiger partial charge in [0.25, 0.3) is 0 Å². The molecule has 0 aliphatic carbocycles. The van der Waals surface area contributed by atoms with Crippen LogP contribution in [0.2, 0.25) is 0 Å². The topological polar surface area (TPSA) is 92.4 Å². The van der Waals surface area contributed by atoms with Crippen molar-refractivity contribution in [3.8, 4) is 0 Å². The van der Waals surface area contributed by atoms with Crippen LogP contribution in [0, 0.1) is 5.92 Å². The standard InChI is InChI=1S/C12H14Br2N2O3/c1-5(2)9(15)11(17)16-10-7(12(18)19)3-6(13)4-8(10)14/h3-5,9H,15H2,1-2H3,(H,16,17)(H,18,19). The van der Waals surface area contributed by atoms with E-state index >= 15 is 0 Å². The van der Waals surface area contributed by atoms with Gasteiger partial charge in [-0.1, -0.05) is 29.8 Å². The molecule has 1 rings (SSSR count). The monoisotopic (exact) mass is 392 g/mol. The zero-order valence-corrected chi connectivity index (χ0v) is 13.6. The largest absolute Gasteiger partial charge is 0.478 e. The molecule has 1 amide bonds. The summed E-state index contributed by atoms with van der Waals surface area (Å²) in [6, 6.07) is 2.38. The number of amides is 1. The van der Waals surface area contributed by atoms with Crippen LogP contribution < -0.4 is 11.1 Å². The minimum absolute atomic E-state index is 0.00874. The van der Waals surface area contributed by atoms with Crippen molar-refractivity contribution in [2.75, 3.05) is 5.32 Å². The molecule has 0 saturated carbocycles. The van der Waals surface area contributed by atoms with Crippen molar-refractivity contribution in [2.24, 2.45) is 11.7 Å². The van der Waals surface area contributed by atoms with E-state index in [9.17, 15) is 9.59 Å². The van der Waals surface area contributed by atoms with Crippen LogP contribution >= 0.6 is 31.9 Å². The number of rotatable bonds is 4. The molecule has 0 bridgehead atoms. The highest BCUT2D eigenvalue weighted by Gasteiger charge is 2.21. The summed E-state index contributed by atoms with van der Waals surface area (Å²) in [5.41, 5.74) is 5.93. The number of benzene rings is 1. The van der Waals surface area contributed by atoms with Crippen LogP contribution in [0.4, 0.5) is 5.69 Å². The van der Waals surface area contributed by atoms with Gasteiger partial charge in [-0.25, -0.2) is 4.79 Å². The average Bonchev–Trinajstić information content (AvgIpc) is 2.30. The Hall–Kier alpha value is -0.920. The Kier molecular flexibility index (Phi) is 5.51. The quantitative estimate of drug-likeness (QED) is 0.733. The molecular formula is C12H14Br2N2O3. The minimum atomic E-state index is -1.13. The fraction of sp³-hybridized carbons (Fsp3) is 0.333. The van der Waals surface area contributed by atoms with Crippen molar-refractivity contribution >= 4 is 49.4 Å². The number of carbonyl (C=O) groups excluding carboxylic acids is 1. The van der Waals surface area contributed by atoms with Crippen LogP contribution in [-0.2, 0) is 4.79 Å². The van der Waals surface area contributed by atoms with Gasteiger partial charge in [0, 0.05) is 8.95 Å². The Balaban J connectivity index is 3.14. The Morgan fingerprint density at radius 3 is 2.37 bits per heavy atom. The maximum absolute atomic E-state index is 11.9. The predicted octanol–water partition coefficient (Wildman–Crippen LogP) is 2.83. The molecule has 1 aromatic carbocycles. The Morgan fingerprint density at radius 1 is 1.32 bits per heavy atom. The zero-order chi connectivity index (χ0) is 14.7. The van der Waals surface area contributed by atoms with Gasteiger partial charge in [-0.3, -0.25) is 4.79 Å². The molecule has 5 nitrogen and oxygen atoms in total. The molecule has 0 saturated heterocycles. The highest BCUT2D eigenvalue weighted by molar-refractivity contribution is 9.11. The predicted molar refractivity (Wildman–Crippen MR) is 80.2 cm³/mol. The summed E-state index contributed by atoms with van der Waals surface area (Å²) < 4.78 is 1.08. The molecule has 0 spiro atoms. The van der Waals surface area contributed by atoms with Gasteiger partial charge in [-0.2, -0.15) is 0 Å². The van der Waals surface area contributed by atoms with E-state index in [2.05, 4.69) is 37.2 Å². The maximum atomic E-state index is 11.9. The number of hydrogen-bond acceptors (Lipinski definition) is 3. The molecule has 0 aliphatic rings. The first kappa shape index (κ1) is 16.1. The summed E-state index contributed by atoms with van der Waals surface area (Å²) in [5, 5.41) is 11.7. The van der Waals surface area contributed by atoms with E-state index in [4.69, 9.17) is 10.8 Å². The molecule has 4 N–H and O–H groups in total. The molecule has 0 fully saturated rings. The third kappa shape index (κ3) is 4.02. The first-order valence-electron chi connectivity index (χ1n) is 5.52. The summed E-state index contributed by atoms with van der Waals surface area (Å²) in [6.45, 7) is 3.64. The van der Waals surface area contributed by atoms with Gasteiger partial charge >= 0.3 is 5.97 Å². The molecule has 0 heterocycles. The number of aromatic carboxylic acids is 1. The number of halogens is 2. The van der Waals surface area contributed by atoms with E-state index in [1.54, 1.807) is 6.07 Å². The van der Waals surface area contributed by atoms with Crippen LogP contribution in [0.1, 0.15) is 24.2 Å². The van der Waals surface area contributed by atoms with Crippen molar-refractivity contribution in [3.05, 3.63) is 26.6 Å². The fourth-order valence-electron chi connectivity index (χ4n) is 1.38. The number of carboxylic acids is 1. The van der Waals surface area contributed by atoms with Gasteiger partial charge in [-0.15, -0.1) is 0 Å². The van der Waals surface area contributed by atoms with E-state index in [0.29, 0.717) is 8.95 Å². The summed E-state index contributed by atoms with van der Waals surface area (Å²) >= 11 is 6.44. The summed E-state index contributed by atoms with van der Waals surface area (Å²) in [4.78, 5) is 23.1. The smallest absolute Gasteiger partial charge is 0.337 e. The Morgan fingerprint density at radius 2 is 1.89 bits per heavy atom. The van der Waals surface area contributed by atoms with Crippen LogP contribution in [0.15, 0.2) is 21.1 Å². The minimum Gasteiger partial charge on any atom is -0.478 e. The highest BCUT2D eigenvalue weighted by atomic mass is 79.9. The molecule has 1 aromatic rings. The summed E-state index contributed by atoms with van der Waals surface area (Å²) in [6.07, 6.45) is 0. The van der Waals surface area contributed by atoms with Crippen molar-refractivity contribution in [1.29, 1.82) is 0 Å². The van der Waals surface area contributed by atoms with Crippen LogP contribution in [0.25, 0.3) is 0 Å². The van der Waals surface area contributed by atoms with Gasteiger partial charge in [0.2, 0.25) is 5.91 Å². The lowest BCUT2D eigenvalue weighted by Gasteiger charge is -2.17. The van der Waals surface area contributed by atoms with E-state index in [0.717, 1.165) is 0 Å². The average molecular weight is 394 g/mol. The van der Waals surface area contributed by atoms with Crippen molar-refractivity contribution in [1.82, 2.24) is 0 Å². The first-order valence-corrected chi connectivity index (χ1v) is 7.11. The zero-order valence-electron chi connectivity index (χ0n) is 10.4. The summed E-state index contributed by atoms with van der Waals surface area (Å²) in [5.74, 6) is -1.58. The molecule has 104 valence electrons. The number of carbonyl (C=O) groups is 2. The van der Waals surface area contributed by atoms with Gasteiger partial charge in [0.15, 0.2) is 0 Å². The molecule has 0 radical (unpaired) electrons. The summed E-state index contributed by atoms with van der Waals surface area (Å²) in [7, 11) is 0. The second kappa shape index (κ2) is 6.49. The second-order valence-electron chi connectivity index (χ2n) is 4.37. The molecule has 1 unspecified atom stereocenters. The number of nitrogens with two attached hydrogens (primary N) is 1. The van der Waals surface area contributed by atoms with Gasteiger partial charge in [0.1, 0.15) is 0 Å². The first-order chi connectivity index (χ1) is 8.73. The van der Waals surface area contributed by atoms with Gasteiger partial charge in [0.05, 0.1) is 17.3 Å². The lowest BCUT2D eigenvalue weighted by Crippen LogP contribution is -2.40. The van der Waals surface area contributed by atoms with Crippen molar-refractivity contribution in [2.45, 2.75) is 19.9 Å². The lowest BCUT2D eigenvalue weighted by atomic mass is 10.0. The van der Waals surface area contributed by atoms with E-state index in [1.807, 2.05) is 13.8 Å². The highest BCUT2D eigenvalue weighted by Crippen LogP contribution is 2.31. The number of anilines is 1. The Labute approximate surface area is 127 Å².